The van der Waals surface area contributed by atoms with Gasteiger partial charge in [0.1, 0.15) is 0 Å². The van der Waals surface area contributed by atoms with Gasteiger partial charge in [0.05, 0.1) is 0 Å². The molecule has 19 heavy (non-hydrogen) atoms. The van der Waals surface area contributed by atoms with Crippen LogP contribution >= 0.6 is 0 Å². The van der Waals surface area contributed by atoms with Crippen LogP contribution in [-0.2, 0) is 0 Å². The fourth-order valence-electron chi connectivity index (χ4n) is 3.32. The van der Waals surface area contributed by atoms with Crippen LogP contribution in [0.15, 0.2) is 0 Å². The molecule has 0 radical (unpaired) electrons. The van der Waals surface area contributed by atoms with Crippen molar-refractivity contribution in [2.75, 3.05) is 13.6 Å². The first kappa shape index (κ1) is 19.0. The molecule has 0 fully saturated rings. The van der Waals surface area contributed by atoms with E-state index in [1.54, 1.807) is 0 Å². The Bertz CT molecular complexity index is 184. The molecule has 0 heterocycles. The van der Waals surface area contributed by atoms with Crippen molar-refractivity contribution >= 4 is 0 Å². The third kappa shape index (κ3) is 7.34. The maximum atomic E-state index is 2.63. The van der Waals surface area contributed by atoms with Crippen LogP contribution in [0.3, 0.4) is 0 Å². The normalized spacial score (nSPS) is 12.3. The van der Waals surface area contributed by atoms with E-state index < -0.39 is 0 Å². The third-order valence-corrected chi connectivity index (χ3v) is 4.93. The number of unbranched alkanes of at least 4 members (excludes halogenated alkanes) is 6. The maximum Gasteiger partial charge on any atom is 0.0201 e. The van der Waals surface area contributed by atoms with Crippen molar-refractivity contribution in [3.05, 3.63) is 0 Å². The Morgan fingerprint density at radius 1 is 0.684 bits per heavy atom. The number of nitrogens with zero attached hydrogens (tertiary/aromatic N) is 1. The molecule has 0 aromatic carbocycles. The second kappa shape index (κ2) is 11.8. The lowest BCUT2D eigenvalue weighted by Crippen LogP contribution is -2.45. The highest BCUT2D eigenvalue weighted by Crippen LogP contribution is 2.29. The van der Waals surface area contributed by atoms with Gasteiger partial charge in [-0.05, 0) is 39.3 Å². The molecule has 116 valence electrons. The summed E-state index contributed by atoms with van der Waals surface area (Å²) in [6.07, 6.45) is 15.2. The molecule has 0 saturated heterocycles. The monoisotopic (exact) mass is 269 g/mol. The van der Waals surface area contributed by atoms with Gasteiger partial charge in [0.15, 0.2) is 0 Å². The molecular formula is C18H39N. The van der Waals surface area contributed by atoms with Gasteiger partial charge in [0.2, 0.25) is 0 Å². The summed E-state index contributed by atoms with van der Waals surface area (Å²) in [6, 6.07) is 0. The zero-order valence-electron chi connectivity index (χ0n) is 14.4. The van der Waals surface area contributed by atoms with Crippen molar-refractivity contribution in [3.8, 4) is 0 Å². The Kier molecular flexibility index (Phi) is 11.7. The van der Waals surface area contributed by atoms with Crippen molar-refractivity contribution in [2.24, 2.45) is 0 Å². The van der Waals surface area contributed by atoms with Crippen LogP contribution in [0.2, 0.25) is 0 Å². The van der Waals surface area contributed by atoms with E-state index in [9.17, 15) is 0 Å². The average molecular weight is 270 g/mol. The summed E-state index contributed by atoms with van der Waals surface area (Å²) in [5, 5.41) is 0. The highest BCUT2D eigenvalue weighted by molar-refractivity contribution is 4.86. The van der Waals surface area contributed by atoms with Crippen LogP contribution in [0.5, 0.6) is 0 Å². The fourth-order valence-corrected chi connectivity index (χ4v) is 3.32. The molecule has 0 aliphatic rings. The maximum absolute atomic E-state index is 2.63. The van der Waals surface area contributed by atoms with Crippen LogP contribution < -0.4 is 0 Å². The largest absolute Gasteiger partial charge is 0.301 e. The minimum absolute atomic E-state index is 0.472. The van der Waals surface area contributed by atoms with Crippen molar-refractivity contribution in [1.29, 1.82) is 0 Å². The van der Waals surface area contributed by atoms with Gasteiger partial charge in [-0.2, -0.15) is 0 Å². The van der Waals surface area contributed by atoms with Crippen LogP contribution in [0.1, 0.15) is 98.3 Å². The van der Waals surface area contributed by atoms with Gasteiger partial charge in [-0.25, -0.2) is 0 Å². The molecule has 1 nitrogen and oxygen atoms in total. The molecular weight excluding hydrogens is 230 g/mol. The van der Waals surface area contributed by atoms with Crippen molar-refractivity contribution in [1.82, 2.24) is 4.90 Å². The minimum atomic E-state index is 0.472. The van der Waals surface area contributed by atoms with E-state index in [2.05, 4.69) is 39.6 Å². The van der Waals surface area contributed by atoms with Gasteiger partial charge in [-0.15, -0.1) is 0 Å². The molecule has 0 N–H and O–H groups in total. The highest BCUT2D eigenvalue weighted by Gasteiger charge is 2.29. The molecule has 0 bridgehead atoms. The fraction of sp³-hybridized carbons (Fsp3) is 1.00. The molecule has 1 heteroatoms. The van der Waals surface area contributed by atoms with Gasteiger partial charge in [0, 0.05) is 5.54 Å². The number of hydrogen-bond donors (Lipinski definition) is 0. The van der Waals surface area contributed by atoms with Crippen molar-refractivity contribution in [3.63, 3.8) is 0 Å². The van der Waals surface area contributed by atoms with Crippen LogP contribution in [0.25, 0.3) is 0 Å². The van der Waals surface area contributed by atoms with Crippen LogP contribution in [0.4, 0.5) is 0 Å². The Balaban J connectivity index is 3.94. The first-order valence-electron chi connectivity index (χ1n) is 8.88. The summed E-state index contributed by atoms with van der Waals surface area (Å²) in [4.78, 5) is 2.63. The lowest BCUT2D eigenvalue weighted by molar-refractivity contribution is 0.0943. The Labute approximate surface area is 123 Å². The zero-order valence-corrected chi connectivity index (χ0v) is 14.4. The first-order valence-corrected chi connectivity index (χ1v) is 8.88. The van der Waals surface area contributed by atoms with E-state index in [1.165, 1.54) is 77.2 Å². The third-order valence-electron chi connectivity index (χ3n) is 4.93. The summed E-state index contributed by atoms with van der Waals surface area (Å²) in [6.45, 7) is 10.6. The SMILES string of the molecule is CCCCCCCCCC(CC)(CC)N(C)CCC. The van der Waals surface area contributed by atoms with E-state index in [4.69, 9.17) is 0 Å². The van der Waals surface area contributed by atoms with Gasteiger partial charge in [0.25, 0.3) is 0 Å². The van der Waals surface area contributed by atoms with Gasteiger partial charge >= 0.3 is 0 Å². The average Bonchev–Trinajstić information content (AvgIpc) is 2.43. The molecule has 0 rings (SSSR count). The predicted molar refractivity (Wildman–Crippen MR) is 88.8 cm³/mol. The van der Waals surface area contributed by atoms with Crippen LogP contribution in [-0.4, -0.2) is 24.0 Å². The minimum Gasteiger partial charge on any atom is -0.301 e. The summed E-state index contributed by atoms with van der Waals surface area (Å²) >= 11 is 0. The van der Waals surface area contributed by atoms with Crippen molar-refractivity contribution in [2.45, 2.75) is 104 Å². The molecule has 0 spiro atoms. The van der Waals surface area contributed by atoms with E-state index in [1.807, 2.05) is 0 Å². The Hall–Kier alpha value is -0.0400. The van der Waals surface area contributed by atoms with Crippen molar-refractivity contribution < 1.29 is 0 Å². The lowest BCUT2D eigenvalue weighted by atomic mass is 9.85. The summed E-state index contributed by atoms with van der Waals surface area (Å²) in [5.74, 6) is 0. The van der Waals surface area contributed by atoms with E-state index in [0.717, 1.165) is 0 Å². The standard InChI is InChI=1S/C18H39N/c1-6-10-11-12-13-14-15-16-18(8-3,9-4)19(5)17-7-2/h6-17H2,1-5H3. The smallest absolute Gasteiger partial charge is 0.0201 e. The molecule has 0 amide bonds. The topological polar surface area (TPSA) is 3.24 Å². The molecule has 0 aromatic rings. The molecule has 0 aliphatic heterocycles. The van der Waals surface area contributed by atoms with E-state index >= 15 is 0 Å². The van der Waals surface area contributed by atoms with E-state index in [0.29, 0.717) is 5.54 Å². The molecule has 0 aliphatic carbocycles. The second-order valence-corrected chi connectivity index (χ2v) is 6.22. The Morgan fingerprint density at radius 3 is 1.68 bits per heavy atom. The molecule has 0 aromatic heterocycles. The predicted octanol–water partition coefficient (Wildman–Crippen LogP) is 6.03. The lowest BCUT2D eigenvalue weighted by Gasteiger charge is -2.41. The van der Waals surface area contributed by atoms with E-state index in [-0.39, 0.29) is 0 Å². The quantitative estimate of drug-likeness (QED) is 0.369. The van der Waals surface area contributed by atoms with Gasteiger partial charge in [-0.1, -0.05) is 72.6 Å². The first-order chi connectivity index (χ1) is 9.16. The summed E-state index contributed by atoms with van der Waals surface area (Å²) in [5.41, 5.74) is 0.472. The van der Waals surface area contributed by atoms with Crippen LogP contribution in [0, 0.1) is 0 Å². The Morgan fingerprint density at radius 2 is 1.21 bits per heavy atom. The molecule has 0 atom stereocenters. The summed E-state index contributed by atoms with van der Waals surface area (Å²) < 4.78 is 0. The second-order valence-electron chi connectivity index (χ2n) is 6.22. The zero-order chi connectivity index (χ0) is 14.6. The molecule has 0 saturated carbocycles. The van der Waals surface area contributed by atoms with Gasteiger partial charge in [-0.3, -0.25) is 0 Å². The number of hydrogen-bond acceptors (Lipinski definition) is 1. The summed E-state index contributed by atoms with van der Waals surface area (Å²) in [7, 11) is 2.33. The highest BCUT2D eigenvalue weighted by atomic mass is 15.2. The molecule has 0 unspecified atom stereocenters. The van der Waals surface area contributed by atoms with Gasteiger partial charge < -0.3 is 4.90 Å². The number of rotatable bonds is 13.